The zero-order valence-electron chi connectivity index (χ0n) is 26.9. The SMILES string of the molecule is Oc1cccc(-c2nc(-c3ccccc3)nc(-c3ccc(-c4ccccc4)cc3)n2)c1-c1cccc(-c2ccc3oc4ccccc4c3c2)c1. The van der Waals surface area contributed by atoms with Gasteiger partial charge in [-0.3, -0.25) is 0 Å². The van der Waals surface area contributed by atoms with Crippen molar-refractivity contribution >= 4 is 21.9 Å². The number of phenols is 1. The van der Waals surface area contributed by atoms with Gasteiger partial charge < -0.3 is 9.52 Å². The van der Waals surface area contributed by atoms with Gasteiger partial charge in [0.15, 0.2) is 17.5 Å². The average molecular weight is 644 g/mol. The van der Waals surface area contributed by atoms with Gasteiger partial charge in [0.05, 0.1) is 0 Å². The molecule has 0 spiro atoms. The minimum absolute atomic E-state index is 0.145. The van der Waals surface area contributed by atoms with E-state index >= 15 is 0 Å². The molecule has 0 aliphatic carbocycles. The summed E-state index contributed by atoms with van der Waals surface area (Å²) in [5.74, 6) is 1.73. The molecule has 5 heteroatoms. The third-order valence-electron chi connectivity index (χ3n) is 9.06. The van der Waals surface area contributed by atoms with Crippen molar-refractivity contribution in [1.29, 1.82) is 0 Å². The summed E-state index contributed by atoms with van der Waals surface area (Å²) < 4.78 is 6.07. The smallest absolute Gasteiger partial charge is 0.164 e. The Morgan fingerprint density at radius 2 is 0.880 bits per heavy atom. The topological polar surface area (TPSA) is 72.0 Å². The average Bonchev–Trinajstić information content (AvgIpc) is 3.56. The van der Waals surface area contributed by atoms with Gasteiger partial charge in [-0.25, -0.2) is 15.0 Å². The predicted molar refractivity (Wildman–Crippen MR) is 201 cm³/mol. The Bertz CT molecular complexity index is 2650. The molecular weight excluding hydrogens is 615 g/mol. The number of benzene rings is 7. The summed E-state index contributed by atoms with van der Waals surface area (Å²) in [6.07, 6.45) is 0. The molecule has 1 N–H and O–H groups in total. The minimum Gasteiger partial charge on any atom is -0.507 e. The molecule has 2 aromatic heterocycles. The molecule has 7 aromatic carbocycles. The number of phenolic OH excluding ortho intramolecular Hbond substituents is 1. The standard InChI is InChI=1S/C45H29N3O2/c49-39-19-10-18-37(42(39)35-16-9-15-33(27-35)34-25-26-41-38(28-34)36-17-7-8-20-40(36)50-41)45-47-43(31-13-5-2-6-14-31)46-44(48-45)32-23-21-30(22-24-32)29-11-3-1-4-12-29/h1-28,49H. The molecule has 0 amide bonds. The summed E-state index contributed by atoms with van der Waals surface area (Å²) in [7, 11) is 0. The normalized spacial score (nSPS) is 11.3. The summed E-state index contributed by atoms with van der Waals surface area (Å²) in [5.41, 5.74) is 10.0. The first-order chi connectivity index (χ1) is 24.7. The van der Waals surface area contributed by atoms with Crippen LogP contribution in [0.15, 0.2) is 174 Å². The van der Waals surface area contributed by atoms with E-state index in [4.69, 9.17) is 19.4 Å². The molecule has 0 aliphatic heterocycles. The molecule has 0 radical (unpaired) electrons. The van der Waals surface area contributed by atoms with E-state index in [9.17, 15) is 5.11 Å². The molecule has 0 saturated carbocycles. The number of para-hydroxylation sites is 1. The molecule has 5 nitrogen and oxygen atoms in total. The number of furan rings is 1. The van der Waals surface area contributed by atoms with Crippen LogP contribution in [0, 0.1) is 0 Å². The van der Waals surface area contributed by atoms with Crippen LogP contribution in [0.4, 0.5) is 0 Å². The fraction of sp³-hybridized carbons (Fsp3) is 0. The lowest BCUT2D eigenvalue weighted by Crippen LogP contribution is -2.01. The summed E-state index contributed by atoms with van der Waals surface area (Å²) in [5, 5.41) is 13.6. The molecule has 236 valence electrons. The second-order valence-electron chi connectivity index (χ2n) is 12.2. The van der Waals surface area contributed by atoms with Gasteiger partial charge in [-0.05, 0) is 58.1 Å². The third-order valence-corrected chi connectivity index (χ3v) is 9.06. The molecule has 0 unspecified atom stereocenters. The lowest BCUT2D eigenvalue weighted by molar-refractivity contribution is 0.477. The van der Waals surface area contributed by atoms with Gasteiger partial charge >= 0.3 is 0 Å². The number of nitrogens with zero attached hydrogens (tertiary/aromatic N) is 3. The first-order valence-electron chi connectivity index (χ1n) is 16.5. The van der Waals surface area contributed by atoms with Crippen LogP contribution in [0.1, 0.15) is 0 Å². The number of rotatable bonds is 6. The third kappa shape index (κ3) is 5.37. The molecule has 0 fully saturated rings. The Morgan fingerprint density at radius 3 is 1.66 bits per heavy atom. The predicted octanol–water partition coefficient (Wildman–Crippen LogP) is 11.5. The van der Waals surface area contributed by atoms with Crippen molar-refractivity contribution in [1.82, 2.24) is 15.0 Å². The van der Waals surface area contributed by atoms with Gasteiger partial charge in [0.2, 0.25) is 0 Å². The van der Waals surface area contributed by atoms with E-state index in [-0.39, 0.29) is 5.75 Å². The zero-order chi connectivity index (χ0) is 33.4. The molecule has 9 aromatic rings. The van der Waals surface area contributed by atoms with Gasteiger partial charge in [-0.15, -0.1) is 0 Å². The van der Waals surface area contributed by atoms with Crippen molar-refractivity contribution in [2.45, 2.75) is 0 Å². The quantitative estimate of drug-likeness (QED) is 0.195. The van der Waals surface area contributed by atoms with E-state index in [1.54, 1.807) is 6.07 Å². The van der Waals surface area contributed by atoms with Gasteiger partial charge in [-0.1, -0.05) is 140 Å². The molecule has 0 bridgehead atoms. The van der Waals surface area contributed by atoms with Crippen LogP contribution >= 0.6 is 0 Å². The first kappa shape index (κ1) is 29.3. The van der Waals surface area contributed by atoms with Crippen molar-refractivity contribution in [3.8, 4) is 73.3 Å². The zero-order valence-corrected chi connectivity index (χ0v) is 26.9. The number of aromatic hydroxyl groups is 1. The Kier molecular flexibility index (Phi) is 7.21. The van der Waals surface area contributed by atoms with Crippen LogP contribution in [-0.4, -0.2) is 20.1 Å². The van der Waals surface area contributed by atoms with E-state index in [1.165, 1.54) is 0 Å². The lowest BCUT2D eigenvalue weighted by Gasteiger charge is -2.14. The highest BCUT2D eigenvalue weighted by molar-refractivity contribution is 6.06. The Labute approximate surface area is 288 Å². The Balaban J connectivity index is 1.17. The van der Waals surface area contributed by atoms with Gasteiger partial charge in [0.1, 0.15) is 16.9 Å². The molecular formula is C45H29N3O2. The summed E-state index contributed by atoms with van der Waals surface area (Å²) >= 11 is 0. The molecule has 0 aliphatic rings. The Morgan fingerprint density at radius 1 is 0.360 bits per heavy atom. The highest BCUT2D eigenvalue weighted by atomic mass is 16.3. The van der Waals surface area contributed by atoms with E-state index in [0.29, 0.717) is 28.6 Å². The maximum atomic E-state index is 11.4. The lowest BCUT2D eigenvalue weighted by atomic mass is 9.94. The van der Waals surface area contributed by atoms with Crippen LogP contribution in [0.25, 0.3) is 89.5 Å². The number of hydrogen-bond acceptors (Lipinski definition) is 5. The van der Waals surface area contributed by atoms with E-state index in [2.05, 4.69) is 54.6 Å². The fourth-order valence-electron chi connectivity index (χ4n) is 6.57. The maximum Gasteiger partial charge on any atom is 0.164 e. The van der Waals surface area contributed by atoms with Crippen molar-refractivity contribution in [2.75, 3.05) is 0 Å². The first-order valence-corrected chi connectivity index (χ1v) is 16.5. The molecule has 0 atom stereocenters. The summed E-state index contributed by atoms with van der Waals surface area (Å²) in [4.78, 5) is 14.9. The molecule has 9 rings (SSSR count). The molecule has 50 heavy (non-hydrogen) atoms. The largest absolute Gasteiger partial charge is 0.507 e. The van der Waals surface area contributed by atoms with Crippen LogP contribution in [-0.2, 0) is 0 Å². The number of hydrogen-bond donors (Lipinski definition) is 1. The monoisotopic (exact) mass is 643 g/mol. The van der Waals surface area contributed by atoms with Crippen molar-refractivity contribution in [3.05, 3.63) is 170 Å². The van der Waals surface area contributed by atoms with Gasteiger partial charge in [-0.2, -0.15) is 0 Å². The second kappa shape index (κ2) is 12.3. The minimum atomic E-state index is 0.145. The summed E-state index contributed by atoms with van der Waals surface area (Å²) in [6, 6.07) is 56.5. The van der Waals surface area contributed by atoms with Gasteiger partial charge in [0, 0.05) is 33.0 Å². The van der Waals surface area contributed by atoms with Gasteiger partial charge in [0.25, 0.3) is 0 Å². The number of aromatic nitrogens is 3. The molecule has 0 saturated heterocycles. The Hall–Kier alpha value is -6.85. The van der Waals surface area contributed by atoms with E-state index < -0.39 is 0 Å². The van der Waals surface area contributed by atoms with Crippen molar-refractivity contribution in [2.24, 2.45) is 0 Å². The molecule has 2 heterocycles. The maximum absolute atomic E-state index is 11.4. The van der Waals surface area contributed by atoms with E-state index in [0.717, 1.165) is 60.9 Å². The second-order valence-corrected chi connectivity index (χ2v) is 12.2. The van der Waals surface area contributed by atoms with Crippen molar-refractivity contribution < 1.29 is 9.52 Å². The highest BCUT2D eigenvalue weighted by Gasteiger charge is 2.19. The van der Waals surface area contributed by atoms with E-state index in [1.807, 2.05) is 109 Å². The van der Waals surface area contributed by atoms with Crippen LogP contribution in [0.5, 0.6) is 5.75 Å². The van der Waals surface area contributed by atoms with Crippen LogP contribution < -0.4 is 0 Å². The van der Waals surface area contributed by atoms with Crippen LogP contribution in [0.2, 0.25) is 0 Å². The summed E-state index contributed by atoms with van der Waals surface area (Å²) in [6.45, 7) is 0. The number of fused-ring (bicyclic) bond motifs is 3. The highest BCUT2D eigenvalue weighted by Crippen LogP contribution is 2.40. The van der Waals surface area contributed by atoms with Crippen LogP contribution in [0.3, 0.4) is 0 Å². The van der Waals surface area contributed by atoms with Crippen molar-refractivity contribution in [3.63, 3.8) is 0 Å². The fourth-order valence-corrected chi connectivity index (χ4v) is 6.57.